The molecule has 2 aromatic rings. The van der Waals surface area contributed by atoms with Crippen LogP contribution in [0.1, 0.15) is 5.56 Å². The van der Waals surface area contributed by atoms with Gasteiger partial charge in [0, 0.05) is 23.7 Å². The summed E-state index contributed by atoms with van der Waals surface area (Å²) in [7, 11) is 0. The second-order valence-electron chi connectivity index (χ2n) is 4.68. The fourth-order valence-corrected chi connectivity index (χ4v) is 2.60. The monoisotopic (exact) mass is 309 g/mol. The Labute approximate surface area is 127 Å². The van der Waals surface area contributed by atoms with E-state index in [4.69, 9.17) is 0 Å². The highest BCUT2D eigenvalue weighted by Gasteiger charge is 2.05. The molecule has 2 nitrogen and oxygen atoms in total. The highest BCUT2D eigenvalue weighted by Crippen LogP contribution is 2.18. The lowest BCUT2D eigenvalue weighted by Crippen LogP contribution is -2.28. The first-order chi connectivity index (χ1) is 10.1. The molecule has 0 amide bonds. The van der Waals surface area contributed by atoms with Gasteiger partial charge in [-0.1, -0.05) is 12.1 Å². The zero-order valence-corrected chi connectivity index (χ0v) is 12.2. The van der Waals surface area contributed by atoms with Crippen LogP contribution in [0.2, 0.25) is 0 Å². The molecule has 0 saturated carbocycles. The lowest BCUT2D eigenvalue weighted by Gasteiger charge is -2.11. The maximum atomic E-state index is 12.7. The van der Waals surface area contributed by atoms with Crippen molar-refractivity contribution in [2.24, 2.45) is 0 Å². The number of halogens is 2. The van der Waals surface area contributed by atoms with Crippen molar-refractivity contribution < 1.29 is 13.9 Å². The van der Waals surface area contributed by atoms with E-state index in [1.165, 1.54) is 36.0 Å². The molecule has 112 valence electrons. The second kappa shape index (κ2) is 8.12. The van der Waals surface area contributed by atoms with E-state index in [1.807, 2.05) is 0 Å². The first-order valence-corrected chi connectivity index (χ1v) is 7.63. The van der Waals surface area contributed by atoms with Gasteiger partial charge in [-0.05, 0) is 42.0 Å². The quantitative estimate of drug-likeness (QED) is 0.770. The van der Waals surface area contributed by atoms with E-state index in [0.717, 1.165) is 10.5 Å². The number of hydrogen-bond acceptors (Lipinski definition) is 3. The van der Waals surface area contributed by atoms with Crippen LogP contribution in [0.15, 0.2) is 53.4 Å². The third-order valence-corrected chi connectivity index (χ3v) is 4.04. The van der Waals surface area contributed by atoms with Gasteiger partial charge in [0.15, 0.2) is 0 Å². The predicted molar refractivity (Wildman–Crippen MR) is 81.2 cm³/mol. The number of benzene rings is 2. The zero-order valence-electron chi connectivity index (χ0n) is 11.4. The molecular formula is C16H17F2NOS. The summed E-state index contributed by atoms with van der Waals surface area (Å²) >= 11 is 1.48. The van der Waals surface area contributed by atoms with Crippen LogP contribution in [0, 0.1) is 11.6 Å². The van der Waals surface area contributed by atoms with Gasteiger partial charge < -0.3 is 10.4 Å². The molecule has 0 fully saturated rings. The number of nitrogens with one attached hydrogen (secondary N) is 1. The van der Waals surface area contributed by atoms with Crippen molar-refractivity contribution >= 4 is 11.8 Å². The van der Waals surface area contributed by atoms with Crippen molar-refractivity contribution in [1.82, 2.24) is 5.32 Å². The standard InChI is InChI=1S/C16H17F2NOS/c17-13-3-1-12(2-4-13)9-19-10-15(20)11-21-16-7-5-14(18)6-8-16/h1-8,15,19-20H,9-11H2/t15-/m0/s1. The van der Waals surface area contributed by atoms with Gasteiger partial charge in [-0.3, -0.25) is 0 Å². The maximum Gasteiger partial charge on any atom is 0.123 e. The SMILES string of the molecule is O[C@@H](CNCc1ccc(F)cc1)CSc1ccc(F)cc1. The first-order valence-electron chi connectivity index (χ1n) is 6.65. The van der Waals surface area contributed by atoms with Crippen molar-refractivity contribution in [3.05, 3.63) is 65.7 Å². The third-order valence-electron chi connectivity index (χ3n) is 2.88. The molecule has 0 unspecified atom stereocenters. The number of aliphatic hydroxyl groups is 1. The molecule has 2 rings (SSSR count). The number of aliphatic hydroxyl groups excluding tert-OH is 1. The van der Waals surface area contributed by atoms with Gasteiger partial charge in [0.05, 0.1) is 6.10 Å². The lowest BCUT2D eigenvalue weighted by molar-refractivity contribution is 0.195. The molecule has 2 aromatic carbocycles. The summed E-state index contributed by atoms with van der Waals surface area (Å²) in [6.45, 7) is 1.03. The molecule has 2 N–H and O–H groups in total. The highest BCUT2D eigenvalue weighted by molar-refractivity contribution is 7.99. The first kappa shape index (κ1) is 15.9. The Bertz CT molecular complexity index is 545. The van der Waals surface area contributed by atoms with Crippen molar-refractivity contribution in [2.75, 3.05) is 12.3 Å². The maximum absolute atomic E-state index is 12.7. The average Bonchev–Trinajstić information content (AvgIpc) is 2.49. The molecule has 1 atom stereocenters. The summed E-state index contributed by atoms with van der Waals surface area (Å²) in [5.74, 6) is 0.0116. The van der Waals surface area contributed by atoms with Crippen LogP contribution in [0.25, 0.3) is 0 Å². The minimum atomic E-state index is -0.500. The van der Waals surface area contributed by atoms with E-state index in [1.54, 1.807) is 24.3 Å². The summed E-state index contributed by atoms with van der Waals surface area (Å²) < 4.78 is 25.5. The van der Waals surface area contributed by atoms with E-state index < -0.39 is 6.10 Å². The summed E-state index contributed by atoms with van der Waals surface area (Å²) in [6, 6.07) is 12.4. The van der Waals surface area contributed by atoms with Crippen molar-refractivity contribution in [3.63, 3.8) is 0 Å². The van der Waals surface area contributed by atoms with Gasteiger partial charge >= 0.3 is 0 Å². The molecule has 0 bridgehead atoms. The molecule has 0 heterocycles. The third kappa shape index (κ3) is 5.83. The van der Waals surface area contributed by atoms with Crippen LogP contribution in [0.3, 0.4) is 0 Å². The van der Waals surface area contributed by atoms with Gasteiger partial charge in [0.1, 0.15) is 11.6 Å². The molecule has 0 saturated heterocycles. The molecule has 0 aliphatic rings. The average molecular weight is 309 g/mol. The number of thioether (sulfide) groups is 1. The molecule has 0 aromatic heterocycles. The minimum Gasteiger partial charge on any atom is -0.391 e. The molecule has 0 aliphatic heterocycles. The molecule has 5 heteroatoms. The number of hydrogen-bond donors (Lipinski definition) is 2. The largest absolute Gasteiger partial charge is 0.391 e. The Morgan fingerprint density at radius 3 is 2.14 bits per heavy atom. The second-order valence-corrected chi connectivity index (χ2v) is 5.77. The lowest BCUT2D eigenvalue weighted by atomic mass is 10.2. The van der Waals surface area contributed by atoms with E-state index in [2.05, 4.69) is 5.32 Å². The van der Waals surface area contributed by atoms with Gasteiger partial charge in [0.25, 0.3) is 0 Å². The Hall–Kier alpha value is -1.43. The van der Waals surface area contributed by atoms with Crippen LogP contribution in [0.5, 0.6) is 0 Å². The highest BCUT2D eigenvalue weighted by atomic mass is 32.2. The summed E-state index contributed by atoms with van der Waals surface area (Å²) in [4.78, 5) is 0.925. The minimum absolute atomic E-state index is 0.255. The smallest absolute Gasteiger partial charge is 0.123 e. The molecule has 0 spiro atoms. The fourth-order valence-electron chi connectivity index (χ4n) is 1.77. The van der Waals surface area contributed by atoms with Crippen molar-refractivity contribution in [2.45, 2.75) is 17.5 Å². The molecule has 21 heavy (non-hydrogen) atoms. The zero-order chi connectivity index (χ0) is 15.1. The number of rotatable bonds is 7. The van der Waals surface area contributed by atoms with Crippen LogP contribution in [-0.4, -0.2) is 23.5 Å². The summed E-state index contributed by atoms with van der Waals surface area (Å²) in [5, 5.41) is 13.0. The van der Waals surface area contributed by atoms with Crippen LogP contribution in [-0.2, 0) is 6.54 Å². The van der Waals surface area contributed by atoms with Crippen LogP contribution in [0.4, 0.5) is 8.78 Å². The Balaban J connectivity index is 1.66. The van der Waals surface area contributed by atoms with Crippen molar-refractivity contribution in [1.29, 1.82) is 0 Å². The Kier molecular flexibility index (Phi) is 6.17. The van der Waals surface area contributed by atoms with E-state index in [9.17, 15) is 13.9 Å². The van der Waals surface area contributed by atoms with Gasteiger partial charge in [0.2, 0.25) is 0 Å². The summed E-state index contributed by atoms with van der Waals surface area (Å²) in [5.41, 5.74) is 0.967. The topological polar surface area (TPSA) is 32.3 Å². The van der Waals surface area contributed by atoms with Gasteiger partial charge in [-0.2, -0.15) is 0 Å². The van der Waals surface area contributed by atoms with E-state index in [-0.39, 0.29) is 11.6 Å². The Morgan fingerprint density at radius 1 is 0.952 bits per heavy atom. The fraction of sp³-hybridized carbons (Fsp3) is 0.250. The predicted octanol–water partition coefficient (Wildman–Crippen LogP) is 3.21. The molecule has 0 radical (unpaired) electrons. The normalized spacial score (nSPS) is 12.3. The van der Waals surface area contributed by atoms with Crippen molar-refractivity contribution in [3.8, 4) is 0 Å². The van der Waals surface area contributed by atoms with Crippen LogP contribution >= 0.6 is 11.8 Å². The molecule has 0 aliphatic carbocycles. The molecular weight excluding hydrogens is 292 g/mol. The van der Waals surface area contributed by atoms with E-state index in [0.29, 0.717) is 18.8 Å². The van der Waals surface area contributed by atoms with Crippen LogP contribution < -0.4 is 5.32 Å². The Morgan fingerprint density at radius 2 is 1.52 bits per heavy atom. The van der Waals surface area contributed by atoms with Gasteiger partial charge in [-0.15, -0.1) is 11.8 Å². The summed E-state index contributed by atoms with van der Waals surface area (Å²) in [6.07, 6.45) is -0.500. The van der Waals surface area contributed by atoms with Gasteiger partial charge in [-0.25, -0.2) is 8.78 Å². The van der Waals surface area contributed by atoms with E-state index >= 15 is 0 Å².